The van der Waals surface area contributed by atoms with Crippen molar-refractivity contribution in [2.24, 2.45) is 0 Å². The largest absolute Gasteiger partial charge is 0.493 e. The van der Waals surface area contributed by atoms with Gasteiger partial charge in [-0.2, -0.15) is 0 Å². The van der Waals surface area contributed by atoms with E-state index in [1.165, 1.54) is 27.4 Å². The highest BCUT2D eigenvalue weighted by Crippen LogP contribution is 2.40. The first kappa shape index (κ1) is 19.8. The maximum Gasteiger partial charge on any atom is 0.255 e. The number of rotatable bonds is 8. The Morgan fingerprint density at radius 2 is 1.56 bits per heavy atom. The molecule has 0 aliphatic rings. The van der Waals surface area contributed by atoms with Gasteiger partial charge in [-0.1, -0.05) is 12.1 Å². The van der Waals surface area contributed by atoms with Crippen LogP contribution >= 0.6 is 0 Å². The third-order valence-corrected chi connectivity index (χ3v) is 3.72. The predicted octanol–water partition coefficient (Wildman–Crippen LogP) is 2.88. The van der Waals surface area contributed by atoms with Crippen molar-refractivity contribution in [1.82, 2.24) is 5.32 Å². The smallest absolute Gasteiger partial charge is 0.255 e. The van der Waals surface area contributed by atoms with Gasteiger partial charge in [0, 0.05) is 35.5 Å². The van der Waals surface area contributed by atoms with Crippen molar-refractivity contribution in [1.29, 1.82) is 0 Å². The van der Waals surface area contributed by atoms with Crippen LogP contribution in [-0.2, 0) is 0 Å². The molecule has 2 aromatic carbocycles. The highest BCUT2D eigenvalue weighted by Gasteiger charge is 2.16. The van der Waals surface area contributed by atoms with E-state index in [0.717, 1.165) is 0 Å². The molecule has 7 nitrogen and oxygen atoms in total. The second kappa shape index (κ2) is 9.28. The van der Waals surface area contributed by atoms with Crippen molar-refractivity contribution in [2.45, 2.75) is 0 Å². The molecule has 0 saturated heterocycles. The SMILES string of the molecule is C=CCNC(=O)c1cccc(C(=O)Nc2cc(OC)c(OC)c(OC)c2)c1. The Kier molecular flexibility index (Phi) is 6.82. The summed E-state index contributed by atoms with van der Waals surface area (Å²) in [6.45, 7) is 3.90. The summed E-state index contributed by atoms with van der Waals surface area (Å²) >= 11 is 0. The molecule has 0 atom stereocenters. The van der Waals surface area contributed by atoms with Crippen molar-refractivity contribution in [3.8, 4) is 17.2 Å². The summed E-state index contributed by atoms with van der Waals surface area (Å²) in [5.41, 5.74) is 1.19. The average Bonchev–Trinajstić information content (AvgIpc) is 2.71. The third kappa shape index (κ3) is 4.78. The first-order valence-corrected chi connectivity index (χ1v) is 8.14. The maximum absolute atomic E-state index is 12.6. The quantitative estimate of drug-likeness (QED) is 0.698. The van der Waals surface area contributed by atoms with E-state index < -0.39 is 0 Å². The second-order valence-electron chi connectivity index (χ2n) is 5.45. The Labute approximate surface area is 157 Å². The summed E-state index contributed by atoms with van der Waals surface area (Å²) in [7, 11) is 4.49. The molecule has 0 aliphatic carbocycles. The molecule has 142 valence electrons. The van der Waals surface area contributed by atoms with Gasteiger partial charge >= 0.3 is 0 Å². The number of amides is 2. The van der Waals surface area contributed by atoms with E-state index in [0.29, 0.717) is 40.6 Å². The lowest BCUT2D eigenvalue weighted by Crippen LogP contribution is -2.23. The van der Waals surface area contributed by atoms with Crippen LogP contribution in [0.2, 0.25) is 0 Å². The summed E-state index contributed by atoms with van der Waals surface area (Å²) in [6, 6.07) is 9.67. The van der Waals surface area contributed by atoms with Gasteiger partial charge in [-0.25, -0.2) is 0 Å². The molecule has 0 aliphatic heterocycles. The molecule has 27 heavy (non-hydrogen) atoms. The number of carbonyl (C=O) groups is 2. The zero-order valence-corrected chi connectivity index (χ0v) is 15.5. The fraction of sp³-hybridized carbons (Fsp3) is 0.200. The first-order valence-electron chi connectivity index (χ1n) is 8.14. The number of hydrogen-bond donors (Lipinski definition) is 2. The van der Waals surface area contributed by atoms with Crippen LogP contribution in [0.5, 0.6) is 17.2 Å². The first-order chi connectivity index (χ1) is 13.0. The molecule has 2 aromatic rings. The Morgan fingerprint density at radius 1 is 0.963 bits per heavy atom. The normalized spacial score (nSPS) is 9.89. The van der Waals surface area contributed by atoms with Crippen LogP contribution in [-0.4, -0.2) is 39.7 Å². The molecule has 7 heteroatoms. The van der Waals surface area contributed by atoms with Gasteiger partial charge in [0.05, 0.1) is 21.3 Å². The van der Waals surface area contributed by atoms with Crippen molar-refractivity contribution in [3.63, 3.8) is 0 Å². The number of anilines is 1. The van der Waals surface area contributed by atoms with Gasteiger partial charge in [-0.05, 0) is 18.2 Å². The maximum atomic E-state index is 12.6. The topological polar surface area (TPSA) is 85.9 Å². The minimum atomic E-state index is -0.373. The highest BCUT2D eigenvalue weighted by atomic mass is 16.5. The molecule has 0 radical (unpaired) electrons. The second-order valence-corrected chi connectivity index (χ2v) is 5.45. The lowest BCUT2D eigenvalue weighted by atomic mass is 10.1. The van der Waals surface area contributed by atoms with E-state index in [4.69, 9.17) is 14.2 Å². The summed E-state index contributed by atoms with van der Waals surface area (Å²) < 4.78 is 15.8. The van der Waals surface area contributed by atoms with Crippen molar-refractivity contribution in [3.05, 3.63) is 60.2 Å². The number of methoxy groups -OCH3 is 3. The summed E-state index contributed by atoms with van der Waals surface area (Å²) in [4.78, 5) is 24.6. The van der Waals surface area contributed by atoms with Crippen LogP contribution in [0.3, 0.4) is 0 Å². The Bertz CT molecular complexity index is 823. The molecular formula is C20H22N2O5. The fourth-order valence-electron chi connectivity index (χ4n) is 2.43. The minimum Gasteiger partial charge on any atom is -0.493 e. The van der Waals surface area contributed by atoms with Crippen LogP contribution in [0.4, 0.5) is 5.69 Å². The Morgan fingerprint density at radius 3 is 2.07 bits per heavy atom. The number of ether oxygens (including phenoxy) is 3. The molecule has 0 unspecified atom stereocenters. The standard InChI is InChI=1S/C20H22N2O5/c1-5-9-21-19(23)13-7-6-8-14(10-13)20(24)22-15-11-16(25-2)18(27-4)17(12-15)26-3/h5-8,10-12H,1,9H2,2-4H3,(H,21,23)(H,22,24). The van der Waals surface area contributed by atoms with E-state index in [1.54, 1.807) is 36.4 Å². The van der Waals surface area contributed by atoms with Crippen molar-refractivity contribution >= 4 is 17.5 Å². The van der Waals surface area contributed by atoms with Crippen molar-refractivity contribution in [2.75, 3.05) is 33.2 Å². The van der Waals surface area contributed by atoms with Gasteiger partial charge in [0.25, 0.3) is 11.8 Å². The Balaban J connectivity index is 2.25. The van der Waals surface area contributed by atoms with Crippen LogP contribution in [0.15, 0.2) is 49.1 Å². The zero-order valence-electron chi connectivity index (χ0n) is 15.5. The van der Waals surface area contributed by atoms with Gasteiger partial charge < -0.3 is 24.8 Å². The molecule has 0 aromatic heterocycles. The van der Waals surface area contributed by atoms with E-state index in [-0.39, 0.29) is 11.8 Å². The van der Waals surface area contributed by atoms with E-state index in [1.807, 2.05) is 0 Å². The van der Waals surface area contributed by atoms with Gasteiger partial charge in [-0.3, -0.25) is 9.59 Å². The molecule has 0 fully saturated rings. The summed E-state index contributed by atoms with van der Waals surface area (Å²) in [5.74, 6) is 0.619. The minimum absolute atomic E-state index is 0.280. The van der Waals surface area contributed by atoms with Crippen LogP contribution < -0.4 is 24.8 Å². The van der Waals surface area contributed by atoms with Crippen molar-refractivity contribution < 1.29 is 23.8 Å². The molecule has 2 N–H and O–H groups in total. The van der Waals surface area contributed by atoms with E-state index >= 15 is 0 Å². The third-order valence-electron chi connectivity index (χ3n) is 3.72. The molecule has 0 saturated carbocycles. The number of benzene rings is 2. The van der Waals surface area contributed by atoms with Gasteiger partial charge in [0.1, 0.15) is 0 Å². The van der Waals surface area contributed by atoms with Crippen LogP contribution in [0.25, 0.3) is 0 Å². The molecule has 0 bridgehead atoms. The van der Waals surface area contributed by atoms with Gasteiger partial charge in [-0.15, -0.1) is 6.58 Å². The fourth-order valence-corrected chi connectivity index (χ4v) is 2.43. The number of hydrogen-bond acceptors (Lipinski definition) is 5. The summed E-state index contributed by atoms with van der Waals surface area (Å²) in [6.07, 6.45) is 1.58. The predicted molar refractivity (Wildman–Crippen MR) is 103 cm³/mol. The molecule has 0 heterocycles. The lowest BCUT2D eigenvalue weighted by Gasteiger charge is -2.14. The molecule has 2 rings (SSSR count). The van der Waals surface area contributed by atoms with Gasteiger partial charge in [0.15, 0.2) is 11.5 Å². The van der Waals surface area contributed by atoms with E-state index in [9.17, 15) is 9.59 Å². The highest BCUT2D eigenvalue weighted by molar-refractivity contribution is 6.06. The molecular weight excluding hydrogens is 348 g/mol. The van der Waals surface area contributed by atoms with E-state index in [2.05, 4.69) is 17.2 Å². The van der Waals surface area contributed by atoms with Crippen LogP contribution in [0.1, 0.15) is 20.7 Å². The lowest BCUT2D eigenvalue weighted by molar-refractivity contribution is 0.0958. The summed E-state index contributed by atoms with van der Waals surface area (Å²) in [5, 5.41) is 5.44. The van der Waals surface area contributed by atoms with Crippen LogP contribution in [0, 0.1) is 0 Å². The number of nitrogens with one attached hydrogen (secondary N) is 2. The van der Waals surface area contributed by atoms with Gasteiger partial charge in [0.2, 0.25) is 5.75 Å². The monoisotopic (exact) mass is 370 g/mol. The number of carbonyl (C=O) groups excluding carboxylic acids is 2. The molecule has 0 spiro atoms. The Hall–Kier alpha value is -3.48. The zero-order chi connectivity index (χ0) is 19.8. The molecule has 2 amide bonds. The average molecular weight is 370 g/mol.